The van der Waals surface area contributed by atoms with Crippen LogP contribution < -0.4 is 14.8 Å². The number of anilines is 1. The fraction of sp³-hybridized carbons (Fsp3) is 0.0417. The van der Waals surface area contributed by atoms with Crippen molar-refractivity contribution in [2.24, 2.45) is 0 Å². The lowest BCUT2D eigenvalue weighted by molar-refractivity contribution is -0.384. The molecule has 3 aromatic carbocycles. The molecular weight excluding hydrogens is 470 g/mol. The van der Waals surface area contributed by atoms with Gasteiger partial charge in [-0.2, -0.15) is 10.5 Å². The lowest BCUT2D eigenvalue weighted by Crippen LogP contribution is -2.14. The molecule has 3 aromatic rings. The quantitative estimate of drug-likeness (QED) is 0.204. The van der Waals surface area contributed by atoms with Crippen LogP contribution in [0.2, 0.25) is 0 Å². The molecule has 0 saturated carbocycles. The largest absolute Gasteiger partial charge is 0.496 e. The molecule has 36 heavy (non-hydrogen) atoms. The van der Waals surface area contributed by atoms with Gasteiger partial charge in [0, 0.05) is 12.1 Å². The molecule has 0 saturated heterocycles. The summed E-state index contributed by atoms with van der Waals surface area (Å²) < 4.78 is 10.6. The van der Waals surface area contributed by atoms with Crippen LogP contribution in [-0.4, -0.2) is 22.9 Å². The second kappa shape index (κ2) is 10.9. The van der Waals surface area contributed by atoms with Gasteiger partial charge in [-0.15, -0.1) is 0 Å². The van der Waals surface area contributed by atoms with Crippen LogP contribution in [0, 0.1) is 42.9 Å². The Morgan fingerprint density at radius 2 is 1.67 bits per heavy atom. The third-order valence-corrected chi connectivity index (χ3v) is 4.73. The average molecular weight is 485 g/mol. The van der Waals surface area contributed by atoms with Crippen molar-refractivity contribution in [2.45, 2.75) is 0 Å². The minimum absolute atomic E-state index is 0.0239. The number of nitrogens with one attached hydrogen (secondary N) is 1. The highest BCUT2D eigenvalue weighted by Crippen LogP contribution is 2.30. The van der Waals surface area contributed by atoms with Gasteiger partial charge < -0.3 is 14.8 Å². The Kier molecular flexibility index (Phi) is 7.54. The molecule has 0 heterocycles. The zero-order chi connectivity index (χ0) is 26.2. The highest BCUT2D eigenvalue weighted by Gasteiger charge is 2.19. The Bertz CT molecular complexity index is 1470. The SMILES string of the molecule is COc1ccc(NC(=O)/C(C#N)=C/c2ccc(Oc3ccc([N+](=O)[O-])cc3C#N)cc2)c([N+](=O)[O-])c1. The molecule has 0 fully saturated rings. The van der Waals surface area contributed by atoms with E-state index in [-0.39, 0.29) is 34.0 Å². The zero-order valence-electron chi connectivity index (χ0n) is 18.5. The Morgan fingerprint density at radius 3 is 2.25 bits per heavy atom. The number of amides is 1. The summed E-state index contributed by atoms with van der Waals surface area (Å²) in [5.41, 5.74) is -0.638. The zero-order valence-corrected chi connectivity index (χ0v) is 18.5. The van der Waals surface area contributed by atoms with Crippen LogP contribution in [0.4, 0.5) is 17.1 Å². The third-order valence-electron chi connectivity index (χ3n) is 4.73. The van der Waals surface area contributed by atoms with Crippen molar-refractivity contribution in [1.82, 2.24) is 0 Å². The van der Waals surface area contributed by atoms with Gasteiger partial charge in [0.1, 0.15) is 46.2 Å². The summed E-state index contributed by atoms with van der Waals surface area (Å²) in [4.78, 5) is 33.5. The van der Waals surface area contributed by atoms with Gasteiger partial charge in [0.2, 0.25) is 0 Å². The highest BCUT2D eigenvalue weighted by molar-refractivity contribution is 6.10. The molecule has 178 valence electrons. The maximum atomic E-state index is 12.6. The molecule has 0 aliphatic rings. The van der Waals surface area contributed by atoms with Crippen LogP contribution in [0.25, 0.3) is 6.08 Å². The number of ether oxygens (including phenoxy) is 2. The molecule has 12 heteroatoms. The number of nitriles is 2. The van der Waals surface area contributed by atoms with Crippen molar-refractivity contribution < 1.29 is 24.1 Å². The summed E-state index contributed by atoms with van der Waals surface area (Å²) in [6, 6.07) is 17.2. The number of nitro benzene ring substituents is 2. The molecule has 0 atom stereocenters. The molecule has 1 N–H and O–H groups in total. The molecular formula is C24H15N5O7. The molecule has 0 aliphatic heterocycles. The first kappa shape index (κ1) is 24.9. The van der Waals surface area contributed by atoms with E-state index in [9.17, 15) is 35.5 Å². The third kappa shape index (κ3) is 5.78. The van der Waals surface area contributed by atoms with E-state index in [1.165, 1.54) is 61.7 Å². The number of methoxy groups -OCH3 is 1. The number of carbonyl (C=O) groups is 1. The summed E-state index contributed by atoms with van der Waals surface area (Å²) in [6.45, 7) is 0. The van der Waals surface area contributed by atoms with Gasteiger partial charge in [0.05, 0.1) is 23.0 Å². The van der Waals surface area contributed by atoms with Gasteiger partial charge in [-0.05, 0) is 42.0 Å². The maximum absolute atomic E-state index is 12.6. The number of hydrogen-bond acceptors (Lipinski definition) is 9. The van der Waals surface area contributed by atoms with Crippen molar-refractivity contribution in [2.75, 3.05) is 12.4 Å². The first-order chi connectivity index (χ1) is 17.2. The molecule has 0 bridgehead atoms. The average Bonchev–Trinajstić information content (AvgIpc) is 2.88. The Hall–Kier alpha value is -5.75. The fourth-order valence-corrected chi connectivity index (χ4v) is 2.97. The standard InChI is InChI=1S/C24H15N5O7/c1-35-20-7-8-21(22(12-20)29(33)34)27-24(30)17(14-26)10-15-2-5-19(6-3-15)36-23-9-4-18(28(31)32)11-16(23)13-25/h2-12H,1H3,(H,27,30)/b17-10+. The van der Waals surface area contributed by atoms with Crippen LogP contribution >= 0.6 is 0 Å². The summed E-state index contributed by atoms with van der Waals surface area (Å²) in [6.07, 6.45) is 1.28. The first-order valence-electron chi connectivity index (χ1n) is 9.97. The predicted octanol–water partition coefficient (Wildman–Crippen LogP) is 4.72. The van der Waals surface area contributed by atoms with Crippen LogP contribution in [0.1, 0.15) is 11.1 Å². The number of nitro groups is 2. The van der Waals surface area contributed by atoms with Gasteiger partial charge in [0.25, 0.3) is 17.3 Å². The predicted molar refractivity (Wildman–Crippen MR) is 126 cm³/mol. The van der Waals surface area contributed by atoms with Crippen molar-refractivity contribution in [3.05, 3.63) is 97.6 Å². The normalized spacial score (nSPS) is 10.5. The Labute approximate surface area is 203 Å². The number of hydrogen-bond donors (Lipinski definition) is 1. The van der Waals surface area contributed by atoms with Crippen LogP contribution in [0.3, 0.4) is 0 Å². The van der Waals surface area contributed by atoms with E-state index in [0.29, 0.717) is 11.3 Å². The minimum Gasteiger partial charge on any atom is -0.496 e. The molecule has 0 spiro atoms. The van der Waals surface area contributed by atoms with Crippen molar-refractivity contribution in [1.29, 1.82) is 10.5 Å². The van der Waals surface area contributed by atoms with Gasteiger partial charge in [-0.25, -0.2) is 0 Å². The van der Waals surface area contributed by atoms with Gasteiger partial charge in [-0.3, -0.25) is 25.0 Å². The van der Waals surface area contributed by atoms with Gasteiger partial charge >= 0.3 is 0 Å². The second-order valence-electron chi connectivity index (χ2n) is 6.98. The van der Waals surface area contributed by atoms with Crippen LogP contribution in [0.15, 0.2) is 66.2 Å². The summed E-state index contributed by atoms with van der Waals surface area (Å²) >= 11 is 0. The molecule has 0 aliphatic carbocycles. The van der Waals surface area contributed by atoms with Crippen molar-refractivity contribution >= 4 is 29.0 Å². The Balaban J connectivity index is 1.78. The lowest BCUT2D eigenvalue weighted by Gasteiger charge is -2.08. The molecule has 3 rings (SSSR count). The van der Waals surface area contributed by atoms with Gasteiger partial charge in [-0.1, -0.05) is 12.1 Å². The smallest absolute Gasteiger partial charge is 0.296 e. The van der Waals surface area contributed by atoms with E-state index >= 15 is 0 Å². The van der Waals surface area contributed by atoms with Gasteiger partial charge in [0.15, 0.2) is 0 Å². The summed E-state index contributed by atoms with van der Waals surface area (Å²) in [7, 11) is 1.35. The molecule has 0 radical (unpaired) electrons. The first-order valence-corrected chi connectivity index (χ1v) is 9.97. The molecule has 0 aromatic heterocycles. The fourth-order valence-electron chi connectivity index (χ4n) is 2.97. The number of benzene rings is 3. The Morgan fingerprint density at radius 1 is 0.972 bits per heavy atom. The number of non-ortho nitro benzene ring substituents is 1. The second-order valence-corrected chi connectivity index (χ2v) is 6.98. The molecule has 12 nitrogen and oxygen atoms in total. The van der Waals surface area contributed by atoms with Crippen LogP contribution in [-0.2, 0) is 4.79 Å². The molecule has 0 unspecified atom stereocenters. The van der Waals surface area contributed by atoms with E-state index in [1.807, 2.05) is 6.07 Å². The number of carbonyl (C=O) groups excluding carboxylic acids is 1. The minimum atomic E-state index is -0.851. The summed E-state index contributed by atoms with van der Waals surface area (Å²) in [5.74, 6) is -0.205. The summed E-state index contributed by atoms with van der Waals surface area (Å²) in [5, 5.41) is 43.2. The van der Waals surface area contributed by atoms with E-state index in [4.69, 9.17) is 9.47 Å². The maximum Gasteiger partial charge on any atom is 0.296 e. The lowest BCUT2D eigenvalue weighted by atomic mass is 10.1. The van der Waals surface area contributed by atoms with Crippen molar-refractivity contribution in [3.8, 4) is 29.4 Å². The number of rotatable bonds is 8. The van der Waals surface area contributed by atoms with E-state index in [0.717, 1.165) is 12.1 Å². The van der Waals surface area contributed by atoms with E-state index in [1.54, 1.807) is 6.07 Å². The topological polar surface area (TPSA) is 181 Å². The van der Waals surface area contributed by atoms with Crippen molar-refractivity contribution in [3.63, 3.8) is 0 Å². The molecule has 1 amide bonds. The number of nitrogens with zero attached hydrogens (tertiary/aromatic N) is 4. The van der Waals surface area contributed by atoms with E-state index in [2.05, 4.69) is 5.32 Å². The van der Waals surface area contributed by atoms with Crippen LogP contribution in [0.5, 0.6) is 17.2 Å². The monoisotopic (exact) mass is 485 g/mol. The van der Waals surface area contributed by atoms with E-state index < -0.39 is 21.4 Å². The highest BCUT2D eigenvalue weighted by atomic mass is 16.6.